The molecule has 22 heavy (non-hydrogen) atoms. The molecule has 0 saturated carbocycles. The second kappa shape index (κ2) is 6.80. The first-order chi connectivity index (χ1) is 10.3. The molecule has 1 fully saturated rings. The highest BCUT2D eigenvalue weighted by atomic mass is 35.5. The molecule has 1 aliphatic rings. The number of likely N-dealkylation sites (tertiary alicyclic amines) is 1. The van der Waals surface area contributed by atoms with Crippen LogP contribution in [0, 0.1) is 0 Å². The quantitative estimate of drug-likeness (QED) is 0.800. The van der Waals surface area contributed by atoms with Crippen LogP contribution in [0.3, 0.4) is 0 Å². The van der Waals surface area contributed by atoms with E-state index in [0.717, 1.165) is 11.8 Å². The van der Waals surface area contributed by atoms with Crippen molar-refractivity contribution in [3.05, 3.63) is 29.0 Å². The van der Waals surface area contributed by atoms with Crippen molar-refractivity contribution in [1.82, 2.24) is 14.6 Å². The Balaban J connectivity index is 2.24. The van der Waals surface area contributed by atoms with Crippen LogP contribution >= 0.6 is 11.6 Å². The maximum absolute atomic E-state index is 11.5. The highest BCUT2D eigenvalue weighted by Gasteiger charge is 2.35. The third-order valence-corrected chi connectivity index (χ3v) is 4.58. The number of carbonyl (C=O) groups is 1. The molecule has 1 aromatic heterocycles. The monoisotopic (exact) mass is 347 g/mol. The Hall–Kier alpha value is -1.38. The van der Waals surface area contributed by atoms with Crippen molar-refractivity contribution in [2.24, 2.45) is 0 Å². The van der Waals surface area contributed by atoms with Gasteiger partial charge in [-0.2, -0.15) is 0 Å². The van der Waals surface area contributed by atoms with Gasteiger partial charge in [0.2, 0.25) is 10.0 Å². The molecule has 9 heteroatoms. The number of hydrogen-bond donors (Lipinski definition) is 2. The first kappa shape index (κ1) is 17.0. The van der Waals surface area contributed by atoms with Crippen molar-refractivity contribution >= 4 is 27.7 Å². The topological polar surface area (TPSA) is 99.6 Å². The lowest BCUT2D eigenvalue weighted by molar-refractivity contribution is 0.0942. The van der Waals surface area contributed by atoms with E-state index < -0.39 is 28.2 Å². The van der Waals surface area contributed by atoms with Crippen LogP contribution in [0.1, 0.15) is 18.4 Å². The van der Waals surface area contributed by atoms with Crippen molar-refractivity contribution in [2.45, 2.75) is 31.3 Å². The number of nitrogens with one attached hydrogen (secondary N) is 1. The SMILES string of the molecule is CS(=O)(=O)NC1CCCN(C(=O)O)C1Cc1ccc(Cl)nc1. The van der Waals surface area contributed by atoms with E-state index in [0.29, 0.717) is 31.0 Å². The lowest BCUT2D eigenvalue weighted by atomic mass is 9.92. The van der Waals surface area contributed by atoms with E-state index >= 15 is 0 Å². The fourth-order valence-corrected chi connectivity index (χ4v) is 3.66. The zero-order valence-electron chi connectivity index (χ0n) is 12.1. The molecule has 0 spiro atoms. The summed E-state index contributed by atoms with van der Waals surface area (Å²) in [6.45, 7) is 0.392. The second-order valence-electron chi connectivity index (χ2n) is 5.38. The maximum atomic E-state index is 11.5. The van der Waals surface area contributed by atoms with E-state index in [-0.39, 0.29) is 0 Å². The summed E-state index contributed by atoms with van der Waals surface area (Å²) in [4.78, 5) is 16.7. The summed E-state index contributed by atoms with van der Waals surface area (Å²) >= 11 is 5.74. The predicted octanol–water partition coefficient (Wildman–Crippen LogP) is 1.34. The van der Waals surface area contributed by atoms with Crippen LogP contribution in [0.2, 0.25) is 5.15 Å². The van der Waals surface area contributed by atoms with Crippen LogP contribution in [0.15, 0.2) is 18.3 Å². The third-order valence-electron chi connectivity index (χ3n) is 3.62. The van der Waals surface area contributed by atoms with Crippen LogP contribution in [-0.4, -0.2) is 54.4 Å². The van der Waals surface area contributed by atoms with Gasteiger partial charge in [-0.15, -0.1) is 0 Å². The highest BCUT2D eigenvalue weighted by molar-refractivity contribution is 7.88. The van der Waals surface area contributed by atoms with Crippen LogP contribution in [0.5, 0.6) is 0 Å². The smallest absolute Gasteiger partial charge is 0.407 e. The summed E-state index contributed by atoms with van der Waals surface area (Å²) in [6, 6.07) is 2.48. The van der Waals surface area contributed by atoms with Gasteiger partial charge in [0.15, 0.2) is 0 Å². The minimum atomic E-state index is -3.41. The van der Waals surface area contributed by atoms with Gasteiger partial charge in [-0.25, -0.2) is 22.9 Å². The summed E-state index contributed by atoms with van der Waals surface area (Å²) in [5.74, 6) is 0. The molecule has 1 saturated heterocycles. The number of rotatable bonds is 4. The van der Waals surface area contributed by atoms with Crippen molar-refractivity contribution in [2.75, 3.05) is 12.8 Å². The third kappa shape index (κ3) is 4.56. The Kier molecular flexibility index (Phi) is 5.25. The van der Waals surface area contributed by atoms with E-state index in [9.17, 15) is 18.3 Å². The van der Waals surface area contributed by atoms with Gasteiger partial charge >= 0.3 is 6.09 Å². The Bertz CT molecular complexity index is 635. The molecule has 1 aromatic rings. The molecule has 0 aliphatic carbocycles. The van der Waals surface area contributed by atoms with Gasteiger partial charge in [-0.3, -0.25) is 0 Å². The van der Waals surface area contributed by atoms with Crippen molar-refractivity contribution in [3.8, 4) is 0 Å². The average molecular weight is 348 g/mol. The largest absolute Gasteiger partial charge is 0.465 e. The molecule has 2 N–H and O–H groups in total. The fourth-order valence-electron chi connectivity index (χ4n) is 2.73. The van der Waals surface area contributed by atoms with E-state index in [1.807, 2.05) is 0 Å². The minimum absolute atomic E-state index is 0.355. The maximum Gasteiger partial charge on any atom is 0.407 e. The van der Waals surface area contributed by atoms with Crippen molar-refractivity contribution < 1.29 is 18.3 Å². The summed E-state index contributed by atoms with van der Waals surface area (Å²) in [5, 5.41) is 9.71. The number of pyridine rings is 1. The number of aromatic nitrogens is 1. The van der Waals surface area contributed by atoms with E-state index in [1.54, 1.807) is 18.3 Å². The Morgan fingerprint density at radius 3 is 2.82 bits per heavy atom. The molecule has 2 unspecified atom stereocenters. The molecule has 1 amide bonds. The molecule has 122 valence electrons. The molecule has 0 radical (unpaired) electrons. The number of carboxylic acid groups (broad SMARTS) is 1. The standard InChI is InChI=1S/C13H18ClN3O4S/c1-22(20,21)16-10-3-2-6-17(13(18)19)11(10)7-9-4-5-12(14)15-8-9/h4-5,8,10-11,16H,2-3,6-7H2,1H3,(H,18,19). The van der Waals surface area contributed by atoms with E-state index in [4.69, 9.17) is 11.6 Å². The zero-order chi connectivity index (χ0) is 16.3. The molecular formula is C13H18ClN3O4S. The number of hydrogen-bond acceptors (Lipinski definition) is 4. The summed E-state index contributed by atoms with van der Waals surface area (Å²) < 4.78 is 25.6. The lowest BCUT2D eigenvalue weighted by Crippen LogP contribution is -2.57. The number of nitrogens with zero attached hydrogens (tertiary/aromatic N) is 2. The summed E-state index contributed by atoms with van der Waals surface area (Å²) in [6.07, 6.45) is 3.20. The summed E-state index contributed by atoms with van der Waals surface area (Å²) in [5.41, 5.74) is 0.808. The highest BCUT2D eigenvalue weighted by Crippen LogP contribution is 2.22. The number of halogens is 1. The molecule has 1 aliphatic heterocycles. The molecular weight excluding hydrogens is 330 g/mol. The van der Waals surface area contributed by atoms with Crippen LogP contribution in [0.25, 0.3) is 0 Å². The fraction of sp³-hybridized carbons (Fsp3) is 0.538. The van der Waals surface area contributed by atoms with Gasteiger partial charge in [0.1, 0.15) is 5.15 Å². The molecule has 2 rings (SSSR count). The normalized spacial score (nSPS) is 22.5. The minimum Gasteiger partial charge on any atom is -0.465 e. The van der Waals surface area contributed by atoms with Gasteiger partial charge in [0, 0.05) is 18.8 Å². The molecule has 0 aromatic carbocycles. The van der Waals surface area contributed by atoms with Gasteiger partial charge in [-0.05, 0) is 30.9 Å². The Morgan fingerprint density at radius 2 is 2.27 bits per heavy atom. The predicted molar refractivity (Wildman–Crippen MR) is 82.5 cm³/mol. The van der Waals surface area contributed by atoms with E-state index in [1.165, 1.54) is 4.90 Å². The average Bonchev–Trinajstić information content (AvgIpc) is 2.41. The Morgan fingerprint density at radius 1 is 1.55 bits per heavy atom. The van der Waals surface area contributed by atoms with Crippen LogP contribution in [-0.2, 0) is 16.4 Å². The van der Waals surface area contributed by atoms with Gasteiger partial charge in [-0.1, -0.05) is 17.7 Å². The molecule has 2 heterocycles. The number of amides is 1. The molecule has 0 bridgehead atoms. The second-order valence-corrected chi connectivity index (χ2v) is 7.54. The molecule has 7 nitrogen and oxygen atoms in total. The zero-order valence-corrected chi connectivity index (χ0v) is 13.6. The van der Waals surface area contributed by atoms with Crippen LogP contribution < -0.4 is 4.72 Å². The molecule has 2 atom stereocenters. The lowest BCUT2D eigenvalue weighted by Gasteiger charge is -2.39. The Labute approximate surface area is 134 Å². The van der Waals surface area contributed by atoms with Gasteiger partial charge in [0.25, 0.3) is 0 Å². The summed E-state index contributed by atoms with van der Waals surface area (Å²) in [7, 11) is -3.41. The van der Waals surface area contributed by atoms with Gasteiger partial charge in [0.05, 0.1) is 12.3 Å². The first-order valence-electron chi connectivity index (χ1n) is 6.83. The van der Waals surface area contributed by atoms with Crippen molar-refractivity contribution in [3.63, 3.8) is 0 Å². The van der Waals surface area contributed by atoms with Crippen molar-refractivity contribution in [1.29, 1.82) is 0 Å². The first-order valence-corrected chi connectivity index (χ1v) is 9.10. The van der Waals surface area contributed by atoms with Gasteiger partial charge < -0.3 is 10.0 Å². The van der Waals surface area contributed by atoms with E-state index in [2.05, 4.69) is 9.71 Å². The number of piperidine rings is 1. The van der Waals surface area contributed by atoms with Crippen LogP contribution in [0.4, 0.5) is 4.79 Å². The number of sulfonamides is 1.